The molecule has 0 unspecified atom stereocenters. The predicted octanol–water partition coefficient (Wildman–Crippen LogP) is 3.66. The van der Waals surface area contributed by atoms with Gasteiger partial charge in [0.2, 0.25) is 0 Å². The van der Waals surface area contributed by atoms with Crippen molar-refractivity contribution < 1.29 is 27.2 Å². The van der Waals surface area contributed by atoms with E-state index in [1.165, 1.54) is 28.4 Å². The van der Waals surface area contributed by atoms with Gasteiger partial charge in [0.15, 0.2) is 0 Å². The Labute approximate surface area is 119 Å². The maximum Gasteiger partial charge on any atom is 0.334 e. The van der Waals surface area contributed by atoms with Crippen molar-refractivity contribution in [3.05, 3.63) is 35.4 Å². The zero-order valence-electron chi connectivity index (χ0n) is 12.1. The highest BCUT2D eigenvalue weighted by Crippen LogP contribution is 2.53. The molecule has 0 atom stereocenters. The molecule has 0 heterocycles. The minimum Gasteiger partial charge on any atom is -0.312 e. The van der Waals surface area contributed by atoms with Crippen molar-refractivity contribution >= 4 is 15.2 Å². The minimum absolute atomic E-state index is 0.101. The zero-order valence-corrected chi connectivity index (χ0v) is 13.9. The maximum atomic E-state index is 12.2. The van der Waals surface area contributed by atoms with Crippen LogP contribution in [0.1, 0.15) is 11.1 Å². The molecule has 114 valence electrons. The molecule has 1 aromatic rings. The molecule has 0 aromatic heterocycles. The van der Waals surface area contributed by atoms with Gasteiger partial charge in [0.05, 0.1) is 12.3 Å². The third kappa shape index (κ3) is 4.52. The first-order valence-corrected chi connectivity index (χ1v) is 9.35. The largest absolute Gasteiger partial charge is 0.334 e. The molecule has 8 heteroatoms. The Kier molecular flexibility index (Phi) is 6.59. The van der Waals surface area contributed by atoms with Crippen LogP contribution in [0, 0.1) is 0 Å². The first kappa shape index (κ1) is 17.6. The van der Waals surface area contributed by atoms with Crippen molar-refractivity contribution in [2.24, 2.45) is 0 Å². The fraction of sp³-hybridized carbons (Fsp3) is 0.500. The average Bonchev–Trinajstić information content (AvgIpc) is 2.49. The van der Waals surface area contributed by atoms with Gasteiger partial charge in [-0.2, -0.15) is 0 Å². The maximum absolute atomic E-state index is 12.2. The Morgan fingerprint density at radius 2 is 1.05 bits per heavy atom. The fourth-order valence-corrected chi connectivity index (χ4v) is 3.96. The van der Waals surface area contributed by atoms with Crippen LogP contribution in [0.2, 0.25) is 0 Å². The van der Waals surface area contributed by atoms with E-state index in [2.05, 4.69) is 0 Å². The van der Waals surface area contributed by atoms with Gasteiger partial charge in [0, 0.05) is 28.4 Å². The van der Waals surface area contributed by atoms with E-state index in [1.807, 2.05) is 0 Å². The second-order valence-corrected chi connectivity index (χ2v) is 8.57. The van der Waals surface area contributed by atoms with E-state index in [-0.39, 0.29) is 12.3 Å². The van der Waals surface area contributed by atoms with E-state index in [1.54, 1.807) is 24.3 Å². The average molecular weight is 322 g/mol. The van der Waals surface area contributed by atoms with Crippen molar-refractivity contribution in [2.75, 3.05) is 28.4 Å². The molecule has 0 aliphatic heterocycles. The Balaban J connectivity index is 3.06. The molecule has 1 rings (SSSR count). The first-order valence-electron chi connectivity index (χ1n) is 5.90. The monoisotopic (exact) mass is 322 g/mol. The number of benzene rings is 1. The van der Waals surface area contributed by atoms with Gasteiger partial charge in [-0.15, -0.1) is 0 Å². The Hall–Kier alpha value is -0.480. The van der Waals surface area contributed by atoms with Gasteiger partial charge in [-0.1, -0.05) is 24.3 Å². The Morgan fingerprint density at radius 3 is 1.30 bits per heavy atom. The Morgan fingerprint density at radius 1 is 0.750 bits per heavy atom. The Bertz CT molecular complexity index is 467. The van der Waals surface area contributed by atoms with E-state index in [0.717, 1.165) is 11.1 Å². The van der Waals surface area contributed by atoms with Crippen molar-refractivity contribution in [1.82, 2.24) is 0 Å². The molecular formula is C12H20O6P2. The summed E-state index contributed by atoms with van der Waals surface area (Å²) in [5, 5.41) is 0. The van der Waals surface area contributed by atoms with E-state index in [4.69, 9.17) is 18.1 Å². The molecule has 0 amide bonds. The van der Waals surface area contributed by atoms with E-state index in [0.29, 0.717) is 0 Å². The molecule has 1 aromatic carbocycles. The second-order valence-electron chi connectivity index (χ2n) is 4.04. The number of hydrogen-bond donors (Lipinski definition) is 0. The van der Waals surface area contributed by atoms with E-state index in [9.17, 15) is 9.13 Å². The molecule has 0 spiro atoms. The fourth-order valence-electron chi connectivity index (χ4n) is 1.69. The topological polar surface area (TPSA) is 71.1 Å². The number of rotatable bonds is 8. The normalized spacial score (nSPS) is 12.6. The highest BCUT2D eigenvalue weighted by molar-refractivity contribution is 7.53. The molecule has 0 bridgehead atoms. The van der Waals surface area contributed by atoms with Crippen LogP contribution in [-0.2, 0) is 39.5 Å². The highest BCUT2D eigenvalue weighted by atomic mass is 31.2. The van der Waals surface area contributed by atoms with Gasteiger partial charge in [-0.05, 0) is 11.1 Å². The lowest BCUT2D eigenvalue weighted by Gasteiger charge is -2.18. The van der Waals surface area contributed by atoms with Crippen molar-refractivity contribution in [1.29, 1.82) is 0 Å². The van der Waals surface area contributed by atoms with Gasteiger partial charge in [-0.25, -0.2) is 0 Å². The molecule has 0 radical (unpaired) electrons. The summed E-state index contributed by atoms with van der Waals surface area (Å²) in [4.78, 5) is 0. The third-order valence-electron chi connectivity index (χ3n) is 2.96. The standard InChI is InChI=1S/C12H20O6P2/c1-15-19(13,16-2)9-11-7-5-6-8-12(11)10-20(14,17-3)18-4/h5-8H,9-10H2,1-4H3. The highest BCUT2D eigenvalue weighted by Gasteiger charge is 2.27. The quantitative estimate of drug-likeness (QED) is 0.680. The second kappa shape index (κ2) is 7.51. The van der Waals surface area contributed by atoms with Gasteiger partial charge in [-0.3, -0.25) is 9.13 Å². The summed E-state index contributed by atoms with van der Waals surface area (Å²) in [6, 6.07) is 7.18. The molecular weight excluding hydrogens is 302 g/mol. The van der Waals surface area contributed by atoms with Crippen LogP contribution in [-0.4, -0.2) is 28.4 Å². The lowest BCUT2D eigenvalue weighted by Crippen LogP contribution is -2.00. The summed E-state index contributed by atoms with van der Waals surface area (Å²) >= 11 is 0. The van der Waals surface area contributed by atoms with Gasteiger partial charge in [0.25, 0.3) is 0 Å². The van der Waals surface area contributed by atoms with Crippen molar-refractivity contribution in [3.63, 3.8) is 0 Å². The molecule has 6 nitrogen and oxygen atoms in total. The van der Waals surface area contributed by atoms with Crippen molar-refractivity contribution in [2.45, 2.75) is 12.3 Å². The smallest absolute Gasteiger partial charge is 0.312 e. The molecule has 0 fully saturated rings. The van der Waals surface area contributed by atoms with Crippen LogP contribution in [0.15, 0.2) is 24.3 Å². The molecule has 0 aliphatic carbocycles. The third-order valence-corrected chi connectivity index (χ3v) is 6.64. The van der Waals surface area contributed by atoms with Gasteiger partial charge >= 0.3 is 15.2 Å². The lowest BCUT2D eigenvalue weighted by atomic mass is 10.1. The van der Waals surface area contributed by atoms with Crippen LogP contribution < -0.4 is 0 Å². The summed E-state index contributed by atoms with van der Waals surface area (Å²) in [6.45, 7) is 0. The van der Waals surface area contributed by atoms with Crippen LogP contribution >= 0.6 is 15.2 Å². The first-order chi connectivity index (χ1) is 9.42. The van der Waals surface area contributed by atoms with Gasteiger partial charge in [0.1, 0.15) is 0 Å². The summed E-state index contributed by atoms with van der Waals surface area (Å²) in [7, 11) is -1.03. The molecule has 0 aliphatic rings. The summed E-state index contributed by atoms with van der Waals surface area (Å²) in [5.74, 6) is 0. The summed E-state index contributed by atoms with van der Waals surface area (Å²) < 4.78 is 44.1. The predicted molar refractivity (Wildman–Crippen MR) is 77.1 cm³/mol. The van der Waals surface area contributed by atoms with E-state index < -0.39 is 15.2 Å². The van der Waals surface area contributed by atoms with Crippen LogP contribution in [0.25, 0.3) is 0 Å². The van der Waals surface area contributed by atoms with Gasteiger partial charge < -0.3 is 18.1 Å². The van der Waals surface area contributed by atoms with Crippen LogP contribution in [0.3, 0.4) is 0 Å². The van der Waals surface area contributed by atoms with Crippen LogP contribution in [0.5, 0.6) is 0 Å². The zero-order chi connectivity index (χ0) is 15.2. The molecule has 0 saturated carbocycles. The molecule has 0 N–H and O–H groups in total. The minimum atomic E-state index is -3.18. The lowest BCUT2D eigenvalue weighted by molar-refractivity contribution is 0.272. The molecule has 20 heavy (non-hydrogen) atoms. The SMILES string of the molecule is COP(=O)(Cc1ccccc1CP(=O)(OC)OC)OC. The molecule has 0 saturated heterocycles. The summed E-state index contributed by atoms with van der Waals surface area (Å²) in [5.41, 5.74) is 1.46. The van der Waals surface area contributed by atoms with Crippen LogP contribution in [0.4, 0.5) is 0 Å². The summed E-state index contributed by atoms with van der Waals surface area (Å²) in [6.07, 6.45) is 0.202. The number of hydrogen-bond acceptors (Lipinski definition) is 6. The van der Waals surface area contributed by atoms with Crippen molar-refractivity contribution in [3.8, 4) is 0 Å². The van der Waals surface area contributed by atoms with E-state index >= 15 is 0 Å².